The monoisotopic (exact) mass is 431 g/mol. The van der Waals surface area contributed by atoms with E-state index in [0.29, 0.717) is 49.5 Å². The SMILES string of the molecule is Cl.O=C(O)CC1(O)CCN(c2ccc(N[C@H]3CCC(=O)NC3=O)cc2Cl)CC1. The molecule has 2 fully saturated rings. The van der Waals surface area contributed by atoms with Crippen LogP contribution in [0.25, 0.3) is 0 Å². The van der Waals surface area contributed by atoms with E-state index in [0.717, 1.165) is 5.69 Å². The number of amides is 2. The van der Waals surface area contributed by atoms with Crippen LogP contribution in [0.3, 0.4) is 0 Å². The minimum absolute atomic E-state index is 0. The van der Waals surface area contributed by atoms with Crippen LogP contribution in [0.4, 0.5) is 11.4 Å². The first-order valence-electron chi connectivity index (χ1n) is 8.85. The molecule has 0 unspecified atom stereocenters. The number of carbonyl (C=O) groups is 3. The normalized spacial score (nSPS) is 21.5. The number of anilines is 2. The molecule has 3 rings (SSSR count). The van der Waals surface area contributed by atoms with Gasteiger partial charge in [-0.05, 0) is 37.5 Å². The van der Waals surface area contributed by atoms with Gasteiger partial charge in [0.1, 0.15) is 6.04 Å². The Morgan fingerprint density at radius 3 is 2.57 bits per heavy atom. The van der Waals surface area contributed by atoms with Crippen molar-refractivity contribution >= 4 is 53.2 Å². The van der Waals surface area contributed by atoms with Crippen molar-refractivity contribution < 1.29 is 24.6 Å². The molecule has 10 heteroatoms. The molecule has 1 aromatic rings. The standard InChI is InChI=1S/C18H22ClN3O5.ClH/c19-12-9-11(20-13-2-4-15(23)21-17(13)26)1-3-14(12)22-7-5-18(27,6-8-22)10-16(24)25;/h1,3,9,13,20,27H,2,4-8,10H2,(H,24,25)(H,21,23,26);1H/t13-;/m0./s1. The smallest absolute Gasteiger partial charge is 0.306 e. The molecular formula is C18H23Cl2N3O5. The van der Waals surface area contributed by atoms with Crippen LogP contribution in [0.15, 0.2) is 18.2 Å². The molecule has 4 N–H and O–H groups in total. The van der Waals surface area contributed by atoms with E-state index in [1.807, 2.05) is 17.0 Å². The third kappa shape index (κ3) is 5.27. The van der Waals surface area contributed by atoms with Crippen molar-refractivity contribution in [2.45, 2.75) is 43.7 Å². The maximum atomic E-state index is 11.8. The number of carbonyl (C=O) groups excluding carboxylic acids is 2. The van der Waals surface area contributed by atoms with Crippen LogP contribution in [0.2, 0.25) is 5.02 Å². The van der Waals surface area contributed by atoms with Crippen LogP contribution >= 0.6 is 24.0 Å². The van der Waals surface area contributed by atoms with Gasteiger partial charge >= 0.3 is 5.97 Å². The Labute approximate surface area is 173 Å². The van der Waals surface area contributed by atoms with Crippen molar-refractivity contribution in [2.24, 2.45) is 0 Å². The van der Waals surface area contributed by atoms with Crippen molar-refractivity contribution in [1.29, 1.82) is 0 Å². The van der Waals surface area contributed by atoms with Crippen LogP contribution in [-0.2, 0) is 14.4 Å². The Kier molecular flexibility index (Phi) is 7.14. The minimum Gasteiger partial charge on any atom is -0.481 e. The van der Waals surface area contributed by atoms with Crippen molar-refractivity contribution in [1.82, 2.24) is 5.32 Å². The van der Waals surface area contributed by atoms with Crippen LogP contribution in [0.1, 0.15) is 32.1 Å². The van der Waals surface area contributed by atoms with Gasteiger partial charge < -0.3 is 20.4 Å². The zero-order valence-corrected chi connectivity index (χ0v) is 16.7. The van der Waals surface area contributed by atoms with E-state index in [1.165, 1.54) is 0 Å². The average Bonchev–Trinajstić information content (AvgIpc) is 2.58. The molecule has 0 aromatic heterocycles. The fraction of sp³-hybridized carbons (Fsp3) is 0.500. The summed E-state index contributed by atoms with van der Waals surface area (Å²) in [5.74, 6) is -1.62. The van der Waals surface area contributed by atoms with E-state index < -0.39 is 17.6 Å². The lowest BCUT2D eigenvalue weighted by Crippen LogP contribution is -2.47. The van der Waals surface area contributed by atoms with Crippen LogP contribution in [-0.4, -0.2) is 52.7 Å². The number of hydrogen-bond donors (Lipinski definition) is 4. The summed E-state index contributed by atoms with van der Waals surface area (Å²) in [7, 11) is 0. The fourth-order valence-electron chi connectivity index (χ4n) is 3.51. The number of aliphatic hydroxyl groups is 1. The Morgan fingerprint density at radius 1 is 1.32 bits per heavy atom. The summed E-state index contributed by atoms with van der Waals surface area (Å²) in [5.41, 5.74) is 0.294. The van der Waals surface area contributed by atoms with Crippen molar-refractivity contribution in [3.8, 4) is 0 Å². The zero-order valence-electron chi connectivity index (χ0n) is 15.1. The van der Waals surface area contributed by atoms with E-state index in [2.05, 4.69) is 10.6 Å². The van der Waals surface area contributed by atoms with Crippen LogP contribution in [0, 0.1) is 0 Å². The van der Waals surface area contributed by atoms with E-state index >= 15 is 0 Å². The molecule has 154 valence electrons. The van der Waals surface area contributed by atoms with Crippen molar-refractivity contribution in [3.05, 3.63) is 23.2 Å². The third-order valence-corrected chi connectivity index (χ3v) is 5.35. The first-order valence-corrected chi connectivity index (χ1v) is 9.22. The molecule has 0 radical (unpaired) electrons. The number of aliphatic carboxylic acids is 1. The molecule has 0 aliphatic carbocycles. The first-order chi connectivity index (χ1) is 12.8. The highest BCUT2D eigenvalue weighted by Gasteiger charge is 2.35. The van der Waals surface area contributed by atoms with Gasteiger partial charge in [0.25, 0.3) is 0 Å². The summed E-state index contributed by atoms with van der Waals surface area (Å²) >= 11 is 6.40. The molecule has 0 spiro atoms. The Bertz CT molecular complexity index is 766. The number of imide groups is 1. The van der Waals surface area contributed by atoms with Gasteiger partial charge in [0.05, 0.1) is 22.7 Å². The van der Waals surface area contributed by atoms with Crippen molar-refractivity contribution in [3.63, 3.8) is 0 Å². The van der Waals surface area contributed by atoms with Gasteiger partial charge in [-0.2, -0.15) is 0 Å². The second-order valence-corrected chi connectivity index (χ2v) is 7.50. The number of nitrogens with zero attached hydrogens (tertiary/aromatic N) is 1. The maximum absolute atomic E-state index is 11.8. The summed E-state index contributed by atoms with van der Waals surface area (Å²) < 4.78 is 0. The van der Waals surface area contributed by atoms with Gasteiger partial charge in [0.2, 0.25) is 11.8 Å². The lowest BCUT2D eigenvalue weighted by molar-refractivity contribution is -0.143. The summed E-state index contributed by atoms with van der Waals surface area (Å²) in [4.78, 5) is 35.9. The van der Waals surface area contributed by atoms with Gasteiger partial charge in [-0.1, -0.05) is 11.6 Å². The second-order valence-electron chi connectivity index (χ2n) is 7.10. The molecule has 28 heavy (non-hydrogen) atoms. The first kappa shape index (κ1) is 22.3. The van der Waals surface area contributed by atoms with E-state index in [1.54, 1.807) is 6.07 Å². The quantitative estimate of drug-likeness (QED) is 0.524. The zero-order chi connectivity index (χ0) is 19.6. The molecule has 0 saturated carbocycles. The molecule has 2 aliphatic heterocycles. The molecule has 1 atom stereocenters. The largest absolute Gasteiger partial charge is 0.481 e. The summed E-state index contributed by atoms with van der Waals surface area (Å²) in [6.07, 6.45) is 1.17. The molecule has 1 aromatic carbocycles. The molecule has 2 aliphatic rings. The topological polar surface area (TPSA) is 119 Å². The fourth-order valence-corrected chi connectivity index (χ4v) is 3.81. The predicted octanol–water partition coefficient (Wildman–Crippen LogP) is 1.78. The second kappa shape index (κ2) is 8.98. The highest BCUT2D eigenvalue weighted by Crippen LogP contribution is 2.34. The maximum Gasteiger partial charge on any atom is 0.306 e. The number of carboxylic acid groups (broad SMARTS) is 1. The molecular weight excluding hydrogens is 409 g/mol. The molecule has 2 amide bonds. The molecule has 8 nitrogen and oxygen atoms in total. The predicted molar refractivity (Wildman–Crippen MR) is 107 cm³/mol. The molecule has 2 heterocycles. The van der Waals surface area contributed by atoms with Gasteiger partial charge in [-0.3, -0.25) is 19.7 Å². The van der Waals surface area contributed by atoms with E-state index in [4.69, 9.17) is 16.7 Å². The van der Waals surface area contributed by atoms with Crippen LogP contribution < -0.4 is 15.5 Å². The van der Waals surface area contributed by atoms with Gasteiger partial charge in [0.15, 0.2) is 0 Å². The van der Waals surface area contributed by atoms with E-state index in [9.17, 15) is 19.5 Å². The Hall–Kier alpha value is -2.03. The van der Waals surface area contributed by atoms with Gasteiger partial charge in [0, 0.05) is 25.2 Å². The third-order valence-electron chi connectivity index (χ3n) is 5.04. The number of halogens is 2. The number of piperidine rings is 2. The highest BCUT2D eigenvalue weighted by atomic mass is 35.5. The number of rotatable bonds is 5. The van der Waals surface area contributed by atoms with Crippen molar-refractivity contribution in [2.75, 3.05) is 23.3 Å². The number of hydrogen-bond acceptors (Lipinski definition) is 6. The lowest BCUT2D eigenvalue weighted by atomic mass is 9.88. The minimum atomic E-state index is -1.18. The summed E-state index contributed by atoms with van der Waals surface area (Å²) in [6.45, 7) is 1.01. The summed E-state index contributed by atoms with van der Waals surface area (Å²) in [6, 6.07) is 4.88. The van der Waals surface area contributed by atoms with E-state index in [-0.39, 0.29) is 30.6 Å². The number of benzene rings is 1. The Balaban J connectivity index is 0.00000280. The summed E-state index contributed by atoms with van der Waals surface area (Å²) in [5, 5.41) is 25.1. The lowest BCUT2D eigenvalue weighted by Gasteiger charge is -2.39. The number of nitrogens with one attached hydrogen (secondary N) is 2. The molecule has 2 saturated heterocycles. The molecule has 0 bridgehead atoms. The van der Waals surface area contributed by atoms with Crippen LogP contribution in [0.5, 0.6) is 0 Å². The average molecular weight is 432 g/mol. The van der Waals surface area contributed by atoms with Gasteiger partial charge in [-0.25, -0.2) is 0 Å². The Morgan fingerprint density at radius 2 is 2.00 bits per heavy atom. The van der Waals surface area contributed by atoms with Gasteiger partial charge in [-0.15, -0.1) is 12.4 Å². The number of carboxylic acids is 1. The highest BCUT2D eigenvalue weighted by molar-refractivity contribution is 6.33.